The first-order valence-corrected chi connectivity index (χ1v) is 8.10. The molecule has 1 fully saturated rings. The van der Waals surface area contributed by atoms with E-state index in [2.05, 4.69) is 15.6 Å². The highest BCUT2D eigenvalue weighted by Crippen LogP contribution is 2.27. The maximum Gasteiger partial charge on any atom is 0.263 e. The Bertz CT molecular complexity index is 618. The first kappa shape index (κ1) is 14.2. The Morgan fingerprint density at radius 3 is 2.95 bits per heavy atom. The third-order valence-electron chi connectivity index (χ3n) is 3.66. The molecule has 21 heavy (non-hydrogen) atoms. The Morgan fingerprint density at radius 2 is 2.24 bits per heavy atom. The minimum absolute atomic E-state index is 0.0202. The molecule has 2 heterocycles. The van der Waals surface area contributed by atoms with Gasteiger partial charge in [0.05, 0.1) is 10.7 Å². The highest BCUT2D eigenvalue weighted by Gasteiger charge is 2.20. The quantitative estimate of drug-likeness (QED) is 0.912. The lowest BCUT2D eigenvalue weighted by Gasteiger charge is -2.11. The molecule has 0 radical (unpaired) electrons. The van der Waals surface area contributed by atoms with Gasteiger partial charge in [-0.15, -0.1) is 11.3 Å². The van der Waals surface area contributed by atoms with Crippen LogP contribution in [0.3, 0.4) is 0 Å². The largest absolute Gasteiger partial charge is 0.350 e. The highest BCUT2D eigenvalue weighted by atomic mass is 32.1. The molecule has 4 nitrogen and oxygen atoms in total. The first-order valence-electron chi connectivity index (χ1n) is 7.28. The minimum atomic E-state index is -0.0202. The molecule has 2 aromatic rings. The van der Waals surface area contributed by atoms with Gasteiger partial charge in [-0.05, 0) is 26.3 Å². The van der Waals surface area contributed by atoms with Crippen LogP contribution in [0.2, 0.25) is 0 Å². The van der Waals surface area contributed by atoms with Crippen molar-refractivity contribution in [1.29, 1.82) is 0 Å². The molecule has 0 saturated carbocycles. The summed E-state index contributed by atoms with van der Waals surface area (Å²) in [5, 5.41) is 7.34. The SMILES string of the molecule is Cc1nc(-c2ccccc2)c(C(=O)NCC2CCCN2)s1. The number of carbonyl (C=O) groups is 1. The second kappa shape index (κ2) is 6.37. The standard InChI is InChI=1S/C16H19N3OS/c1-11-19-14(12-6-3-2-4-7-12)15(21-11)16(20)18-10-13-8-5-9-17-13/h2-4,6-7,13,17H,5,8-10H2,1H3,(H,18,20). The van der Waals surface area contributed by atoms with E-state index in [0.717, 1.165) is 29.2 Å². The summed E-state index contributed by atoms with van der Waals surface area (Å²) >= 11 is 1.46. The van der Waals surface area contributed by atoms with Crippen molar-refractivity contribution in [3.63, 3.8) is 0 Å². The second-order valence-corrected chi connectivity index (χ2v) is 6.48. The number of thiazole rings is 1. The number of nitrogens with zero attached hydrogens (tertiary/aromatic N) is 1. The lowest BCUT2D eigenvalue weighted by molar-refractivity contribution is 0.0955. The molecule has 1 amide bonds. The van der Waals surface area contributed by atoms with Gasteiger partial charge in [0.1, 0.15) is 4.88 Å². The maximum absolute atomic E-state index is 12.4. The van der Waals surface area contributed by atoms with Crippen molar-refractivity contribution in [2.24, 2.45) is 0 Å². The monoisotopic (exact) mass is 301 g/mol. The fourth-order valence-corrected chi connectivity index (χ4v) is 3.46. The van der Waals surface area contributed by atoms with Crippen molar-refractivity contribution < 1.29 is 4.79 Å². The molecule has 1 aromatic heterocycles. The zero-order chi connectivity index (χ0) is 14.7. The number of carbonyl (C=O) groups excluding carboxylic acids is 1. The van der Waals surface area contributed by atoms with Gasteiger partial charge in [-0.2, -0.15) is 0 Å². The predicted octanol–water partition coefficient (Wildman–Crippen LogP) is 2.60. The average Bonchev–Trinajstić information content (AvgIpc) is 3.15. The van der Waals surface area contributed by atoms with Gasteiger partial charge in [0.25, 0.3) is 5.91 Å². The lowest BCUT2D eigenvalue weighted by atomic mass is 10.1. The molecular weight excluding hydrogens is 282 g/mol. The summed E-state index contributed by atoms with van der Waals surface area (Å²) in [5.41, 5.74) is 1.78. The van der Waals surface area contributed by atoms with Crippen molar-refractivity contribution in [1.82, 2.24) is 15.6 Å². The van der Waals surface area contributed by atoms with E-state index >= 15 is 0 Å². The molecule has 110 valence electrons. The molecule has 0 bridgehead atoms. The summed E-state index contributed by atoms with van der Waals surface area (Å²) in [6.45, 7) is 3.67. The van der Waals surface area contributed by atoms with Crippen LogP contribution in [0.4, 0.5) is 0 Å². The average molecular weight is 301 g/mol. The number of aromatic nitrogens is 1. The molecule has 1 saturated heterocycles. The zero-order valence-electron chi connectivity index (χ0n) is 12.1. The van der Waals surface area contributed by atoms with E-state index in [1.165, 1.54) is 17.8 Å². The van der Waals surface area contributed by atoms with Gasteiger partial charge >= 0.3 is 0 Å². The van der Waals surface area contributed by atoms with E-state index in [1.54, 1.807) is 0 Å². The molecule has 1 aromatic carbocycles. The first-order chi connectivity index (χ1) is 10.2. The highest BCUT2D eigenvalue weighted by molar-refractivity contribution is 7.14. The van der Waals surface area contributed by atoms with Crippen LogP contribution in [0.15, 0.2) is 30.3 Å². The smallest absolute Gasteiger partial charge is 0.263 e. The van der Waals surface area contributed by atoms with E-state index < -0.39 is 0 Å². The summed E-state index contributed by atoms with van der Waals surface area (Å²) in [5.74, 6) is -0.0202. The fourth-order valence-electron chi connectivity index (χ4n) is 2.60. The third kappa shape index (κ3) is 3.31. The summed E-state index contributed by atoms with van der Waals surface area (Å²) in [6, 6.07) is 10.3. The molecule has 1 aliphatic heterocycles. The summed E-state index contributed by atoms with van der Waals surface area (Å²) < 4.78 is 0. The minimum Gasteiger partial charge on any atom is -0.350 e. The van der Waals surface area contributed by atoms with Gasteiger partial charge in [0.2, 0.25) is 0 Å². The van der Waals surface area contributed by atoms with Crippen LogP contribution in [0.5, 0.6) is 0 Å². The van der Waals surface area contributed by atoms with Gasteiger partial charge in [0.15, 0.2) is 0 Å². The number of hydrogen-bond donors (Lipinski definition) is 2. The number of nitrogens with one attached hydrogen (secondary N) is 2. The predicted molar refractivity (Wildman–Crippen MR) is 85.6 cm³/mol. The van der Waals surface area contributed by atoms with Crippen molar-refractivity contribution in [2.75, 3.05) is 13.1 Å². The second-order valence-electron chi connectivity index (χ2n) is 5.28. The topological polar surface area (TPSA) is 54.0 Å². The summed E-state index contributed by atoms with van der Waals surface area (Å²) in [4.78, 5) is 17.7. The Labute approximate surface area is 128 Å². The number of aryl methyl sites for hydroxylation is 1. The van der Waals surface area contributed by atoms with E-state index in [9.17, 15) is 4.79 Å². The maximum atomic E-state index is 12.4. The van der Waals surface area contributed by atoms with E-state index in [4.69, 9.17) is 0 Å². The van der Waals surface area contributed by atoms with Gasteiger partial charge in [-0.3, -0.25) is 4.79 Å². The van der Waals surface area contributed by atoms with Gasteiger partial charge in [-0.25, -0.2) is 4.98 Å². The molecular formula is C16H19N3OS. The zero-order valence-corrected chi connectivity index (χ0v) is 12.9. The molecule has 1 unspecified atom stereocenters. The van der Waals surface area contributed by atoms with Gasteiger partial charge < -0.3 is 10.6 Å². The van der Waals surface area contributed by atoms with E-state index in [1.807, 2.05) is 37.3 Å². The fraction of sp³-hybridized carbons (Fsp3) is 0.375. The Balaban J connectivity index is 1.76. The molecule has 3 rings (SSSR count). The molecule has 2 N–H and O–H groups in total. The number of rotatable bonds is 4. The summed E-state index contributed by atoms with van der Waals surface area (Å²) in [6.07, 6.45) is 2.32. The van der Waals surface area contributed by atoms with Crippen molar-refractivity contribution >= 4 is 17.2 Å². The van der Waals surface area contributed by atoms with Crippen LogP contribution < -0.4 is 10.6 Å². The van der Waals surface area contributed by atoms with Gasteiger partial charge in [0, 0.05) is 18.2 Å². The van der Waals surface area contributed by atoms with Crippen LogP contribution in [0.25, 0.3) is 11.3 Å². The van der Waals surface area contributed by atoms with Crippen molar-refractivity contribution in [3.8, 4) is 11.3 Å². The Morgan fingerprint density at radius 1 is 1.43 bits per heavy atom. The molecule has 0 aliphatic carbocycles. The lowest BCUT2D eigenvalue weighted by Crippen LogP contribution is -2.37. The number of hydrogen-bond acceptors (Lipinski definition) is 4. The molecule has 0 spiro atoms. The van der Waals surface area contributed by atoms with Crippen LogP contribution in [0.1, 0.15) is 27.5 Å². The van der Waals surface area contributed by atoms with Crippen LogP contribution in [-0.2, 0) is 0 Å². The summed E-state index contributed by atoms with van der Waals surface area (Å²) in [7, 11) is 0. The third-order valence-corrected chi connectivity index (χ3v) is 4.63. The van der Waals surface area contributed by atoms with Crippen LogP contribution in [-0.4, -0.2) is 30.0 Å². The molecule has 1 aliphatic rings. The van der Waals surface area contributed by atoms with Crippen LogP contribution in [0, 0.1) is 6.92 Å². The molecule has 5 heteroatoms. The molecule has 1 atom stereocenters. The Hall–Kier alpha value is -1.72. The van der Waals surface area contributed by atoms with E-state index in [0.29, 0.717) is 17.5 Å². The normalized spacial score (nSPS) is 17.9. The number of amides is 1. The van der Waals surface area contributed by atoms with Crippen LogP contribution >= 0.6 is 11.3 Å². The van der Waals surface area contributed by atoms with E-state index in [-0.39, 0.29) is 5.91 Å². The van der Waals surface area contributed by atoms with Crippen molar-refractivity contribution in [2.45, 2.75) is 25.8 Å². The Kier molecular flexibility index (Phi) is 4.31. The van der Waals surface area contributed by atoms with Gasteiger partial charge in [-0.1, -0.05) is 30.3 Å². The van der Waals surface area contributed by atoms with Crippen molar-refractivity contribution in [3.05, 3.63) is 40.2 Å². The number of benzene rings is 1.